The van der Waals surface area contributed by atoms with E-state index in [1.165, 1.54) is 6.08 Å². The maximum absolute atomic E-state index is 12.2. The van der Waals surface area contributed by atoms with Gasteiger partial charge in [-0.2, -0.15) is 0 Å². The fraction of sp³-hybridized carbons (Fsp3) is 0.200. The molecule has 0 spiro atoms. The molecule has 0 unspecified atom stereocenters. The summed E-state index contributed by atoms with van der Waals surface area (Å²) in [4.78, 5) is 23.9. The molecule has 136 valence electrons. The third kappa shape index (κ3) is 5.74. The van der Waals surface area contributed by atoms with Crippen LogP contribution in [0.3, 0.4) is 0 Å². The maximum atomic E-state index is 12.2. The van der Waals surface area contributed by atoms with Crippen molar-refractivity contribution < 1.29 is 19.1 Å². The van der Waals surface area contributed by atoms with E-state index >= 15 is 0 Å². The molecule has 0 aliphatic carbocycles. The van der Waals surface area contributed by atoms with E-state index < -0.39 is 5.97 Å². The SMILES string of the molecule is CCOC(=O)c1cccc(NC(=O)/C=C/c2cc(Br)ccc2OCC)c1. The second-order valence-corrected chi connectivity index (χ2v) is 6.15. The largest absolute Gasteiger partial charge is 0.493 e. The van der Waals surface area contributed by atoms with Gasteiger partial charge in [-0.3, -0.25) is 4.79 Å². The van der Waals surface area contributed by atoms with Crippen LogP contribution in [0, 0.1) is 0 Å². The van der Waals surface area contributed by atoms with E-state index in [2.05, 4.69) is 21.2 Å². The van der Waals surface area contributed by atoms with E-state index in [0.717, 1.165) is 10.0 Å². The number of esters is 1. The van der Waals surface area contributed by atoms with Crippen LogP contribution in [0.2, 0.25) is 0 Å². The zero-order valence-electron chi connectivity index (χ0n) is 14.6. The summed E-state index contributed by atoms with van der Waals surface area (Å²) in [5.74, 6) is -0.0351. The summed E-state index contributed by atoms with van der Waals surface area (Å²) < 4.78 is 11.4. The fourth-order valence-corrected chi connectivity index (χ4v) is 2.60. The van der Waals surface area contributed by atoms with Crippen LogP contribution < -0.4 is 10.1 Å². The number of carbonyl (C=O) groups is 2. The Morgan fingerprint density at radius 2 is 1.92 bits per heavy atom. The number of benzene rings is 2. The van der Waals surface area contributed by atoms with Crippen LogP contribution in [-0.4, -0.2) is 25.1 Å². The van der Waals surface area contributed by atoms with Gasteiger partial charge in [-0.25, -0.2) is 4.79 Å². The predicted molar refractivity (Wildman–Crippen MR) is 105 cm³/mol. The van der Waals surface area contributed by atoms with Gasteiger partial charge in [-0.15, -0.1) is 0 Å². The molecule has 0 atom stereocenters. The first-order valence-corrected chi connectivity index (χ1v) is 9.01. The molecule has 5 nitrogen and oxygen atoms in total. The maximum Gasteiger partial charge on any atom is 0.338 e. The number of hydrogen-bond acceptors (Lipinski definition) is 4. The average molecular weight is 418 g/mol. The molecule has 2 aromatic carbocycles. The highest BCUT2D eigenvalue weighted by Gasteiger charge is 2.08. The summed E-state index contributed by atoms with van der Waals surface area (Å²) in [7, 11) is 0. The highest BCUT2D eigenvalue weighted by molar-refractivity contribution is 9.10. The second-order valence-electron chi connectivity index (χ2n) is 5.24. The summed E-state index contributed by atoms with van der Waals surface area (Å²) in [6.07, 6.45) is 3.10. The number of ether oxygens (including phenoxy) is 2. The second kappa shape index (κ2) is 9.77. The Bertz CT molecular complexity index is 817. The summed E-state index contributed by atoms with van der Waals surface area (Å²) in [5.41, 5.74) is 1.69. The van der Waals surface area contributed by atoms with Crippen LogP contribution in [0.4, 0.5) is 5.69 Å². The summed E-state index contributed by atoms with van der Waals surface area (Å²) in [6, 6.07) is 12.2. The van der Waals surface area contributed by atoms with E-state index in [-0.39, 0.29) is 5.91 Å². The van der Waals surface area contributed by atoms with Crippen LogP contribution in [0.15, 0.2) is 53.0 Å². The standard InChI is InChI=1S/C20H20BrNO4/c1-3-25-18-10-9-16(21)12-14(18)8-11-19(23)22-17-7-5-6-15(13-17)20(24)26-4-2/h5-13H,3-4H2,1-2H3,(H,22,23)/b11-8+. The van der Waals surface area contributed by atoms with Gasteiger partial charge in [-0.1, -0.05) is 22.0 Å². The molecule has 0 aromatic heterocycles. The fourth-order valence-electron chi connectivity index (χ4n) is 2.22. The van der Waals surface area contributed by atoms with Crippen molar-refractivity contribution in [3.63, 3.8) is 0 Å². The van der Waals surface area contributed by atoms with Crippen molar-refractivity contribution in [1.82, 2.24) is 0 Å². The van der Waals surface area contributed by atoms with Crippen molar-refractivity contribution in [3.05, 3.63) is 64.1 Å². The number of rotatable bonds is 7. The third-order valence-electron chi connectivity index (χ3n) is 3.33. The summed E-state index contributed by atoms with van der Waals surface area (Å²) in [6.45, 7) is 4.48. The minimum absolute atomic E-state index is 0.299. The zero-order valence-corrected chi connectivity index (χ0v) is 16.2. The third-order valence-corrected chi connectivity index (χ3v) is 3.82. The smallest absolute Gasteiger partial charge is 0.338 e. The Hall–Kier alpha value is -2.60. The Morgan fingerprint density at radius 3 is 2.65 bits per heavy atom. The van der Waals surface area contributed by atoms with Gasteiger partial charge in [-0.05, 0) is 56.3 Å². The normalized spacial score (nSPS) is 10.6. The molecule has 1 N–H and O–H groups in total. The molecule has 0 saturated heterocycles. The minimum Gasteiger partial charge on any atom is -0.493 e. The van der Waals surface area contributed by atoms with Crippen molar-refractivity contribution in [2.45, 2.75) is 13.8 Å². The predicted octanol–water partition coefficient (Wildman–Crippen LogP) is 4.68. The number of hydrogen-bond donors (Lipinski definition) is 1. The van der Waals surface area contributed by atoms with Crippen molar-refractivity contribution in [1.29, 1.82) is 0 Å². The lowest BCUT2D eigenvalue weighted by Gasteiger charge is -2.08. The van der Waals surface area contributed by atoms with Crippen LogP contribution >= 0.6 is 15.9 Å². The van der Waals surface area contributed by atoms with Gasteiger partial charge < -0.3 is 14.8 Å². The van der Waals surface area contributed by atoms with Gasteiger partial charge >= 0.3 is 5.97 Å². The Kier molecular flexibility index (Phi) is 7.41. The first-order valence-electron chi connectivity index (χ1n) is 8.22. The lowest BCUT2D eigenvalue weighted by Crippen LogP contribution is -2.10. The van der Waals surface area contributed by atoms with Crippen molar-refractivity contribution >= 4 is 39.6 Å². The van der Waals surface area contributed by atoms with Gasteiger partial charge in [0.1, 0.15) is 5.75 Å². The van der Waals surface area contributed by atoms with Crippen molar-refractivity contribution in [3.8, 4) is 5.75 Å². The lowest BCUT2D eigenvalue weighted by molar-refractivity contribution is -0.111. The molecule has 6 heteroatoms. The molecule has 1 amide bonds. The highest BCUT2D eigenvalue weighted by atomic mass is 79.9. The van der Waals surface area contributed by atoms with Crippen LogP contribution in [0.5, 0.6) is 5.75 Å². The topological polar surface area (TPSA) is 64.6 Å². The van der Waals surface area contributed by atoms with Crippen LogP contribution in [-0.2, 0) is 9.53 Å². The molecule has 0 bridgehead atoms. The van der Waals surface area contributed by atoms with Crippen LogP contribution in [0.25, 0.3) is 6.08 Å². The van der Waals surface area contributed by atoms with E-state index in [4.69, 9.17) is 9.47 Å². The van der Waals surface area contributed by atoms with Gasteiger partial charge in [0.05, 0.1) is 18.8 Å². The first-order chi connectivity index (χ1) is 12.5. The summed E-state index contributed by atoms with van der Waals surface area (Å²) in [5, 5.41) is 2.73. The molecule has 2 aromatic rings. The van der Waals surface area contributed by atoms with Gasteiger partial charge in [0.2, 0.25) is 5.91 Å². The van der Waals surface area contributed by atoms with E-state index in [0.29, 0.717) is 30.2 Å². The molecular formula is C20H20BrNO4. The van der Waals surface area contributed by atoms with Gasteiger partial charge in [0, 0.05) is 21.8 Å². The highest BCUT2D eigenvalue weighted by Crippen LogP contribution is 2.24. The molecule has 0 aliphatic rings. The number of anilines is 1. The van der Waals surface area contributed by atoms with Crippen molar-refractivity contribution in [2.75, 3.05) is 18.5 Å². The van der Waals surface area contributed by atoms with E-state index in [1.807, 2.05) is 25.1 Å². The minimum atomic E-state index is -0.422. The lowest BCUT2D eigenvalue weighted by atomic mass is 10.2. The molecule has 0 radical (unpaired) electrons. The molecule has 26 heavy (non-hydrogen) atoms. The Labute approximate surface area is 161 Å². The quantitative estimate of drug-likeness (QED) is 0.524. The molecule has 0 fully saturated rings. The van der Waals surface area contributed by atoms with E-state index in [9.17, 15) is 9.59 Å². The zero-order chi connectivity index (χ0) is 18.9. The molecule has 0 saturated carbocycles. The van der Waals surface area contributed by atoms with E-state index in [1.54, 1.807) is 37.3 Å². The molecule has 0 heterocycles. The average Bonchev–Trinajstić information content (AvgIpc) is 2.62. The summed E-state index contributed by atoms with van der Waals surface area (Å²) >= 11 is 3.41. The Balaban J connectivity index is 2.09. The number of carbonyl (C=O) groups excluding carboxylic acids is 2. The van der Waals surface area contributed by atoms with Crippen molar-refractivity contribution in [2.24, 2.45) is 0 Å². The number of nitrogens with one attached hydrogen (secondary N) is 1. The number of amides is 1. The molecular weight excluding hydrogens is 398 g/mol. The Morgan fingerprint density at radius 1 is 1.12 bits per heavy atom. The molecule has 2 rings (SSSR count). The van der Waals surface area contributed by atoms with Gasteiger partial charge in [0.15, 0.2) is 0 Å². The monoisotopic (exact) mass is 417 g/mol. The molecule has 0 aliphatic heterocycles. The number of halogens is 1. The van der Waals surface area contributed by atoms with Crippen LogP contribution in [0.1, 0.15) is 29.8 Å². The first kappa shape index (κ1) is 19.7. The van der Waals surface area contributed by atoms with Gasteiger partial charge in [0.25, 0.3) is 0 Å².